The summed E-state index contributed by atoms with van der Waals surface area (Å²) in [5, 5.41) is 21.8. The fourth-order valence-electron chi connectivity index (χ4n) is 4.17. The highest BCUT2D eigenvalue weighted by atomic mass is 31.3. The van der Waals surface area contributed by atoms with E-state index in [2.05, 4.69) is 23.1 Å². The number of nitro groups is 1. The molecule has 24 heteroatoms. The number of nitrogens with one attached hydrogen (secondary N) is 1. The molecule has 1 fully saturated rings. The van der Waals surface area contributed by atoms with Gasteiger partial charge in [-0.1, -0.05) is 12.1 Å². The number of phosphoric ester groups is 1. The number of anilines is 1. The number of aromatic nitrogens is 3. The van der Waals surface area contributed by atoms with E-state index in [-0.39, 0.29) is 53.4 Å². The topological polar surface area (TPSA) is 318 Å². The quantitative estimate of drug-likeness (QED) is 0.0754. The Morgan fingerprint density at radius 1 is 1.12 bits per heavy atom. The van der Waals surface area contributed by atoms with Gasteiger partial charge in [-0.2, -0.15) is 13.6 Å². The molecule has 3 aromatic rings. The summed E-state index contributed by atoms with van der Waals surface area (Å²) in [4.78, 5) is 66.1. The Labute approximate surface area is 239 Å². The smallest absolute Gasteiger partial charge is 0.390 e. The lowest BCUT2D eigenvalue weighted by atomic mass is 10.2. The van der Waals surface area contributed by atoms with Gasteiger partial charge in [0.15, 0.2) is 5.65 Å². The summed E-state index contributed by atoms with van der Waals surface area (Å²) in [5.41, 5.74) is 5.47. The van der Waals surface area contributed by atoms with E-state index in [1.807, 2.05) is 0 Å². The van der Waals surface area contributed by atoms with E-state index < -0.39 is 59.0 Å². The van der Waals surface area contributed by atoms with Gasteiger partial charge in [-0.15, -0.1) is 0 Å². The number of ether oxygens (including phenoxy) is 2. The monoisotopic (exact) mass is 671 g/mol. The summed E-state index contributed by atoms with van der Waals surface area (Å²) >= 11 is 0. The lowest BCUT2D eigenvalue weighted by Crippen LogP contribution is -2.26. The Balaban J connectivity index is 1.49. The van der Waals surface area contributed by atoms with Gasteiger partial charge in [0.1, 0.15) is 12.3 Å². The van der Waals surface area contributed by atoms with Gasteiger partial charge in [-0.05, 0) is 6.07 Å². The van der Waals surface area contributed by atoms with E-state index in [1.165, 1.54) is 29.0 Å². The van der Waals surface area contributed by atoms with Gasteiger partial charge in [0.25, 0.3) is 11.2 Å². The molecule has 0 saturated carbocycles. The zero-order valence-electron chi connectivity index (χ0n) is 21.4. The van der Waals surface area contributed by atoms with E-state index in [4.69, 9.17) is 25.0 Å². The average molecular weight is 671 g/mol. The number of aromatic amines is 1. The number of hydrogen-bond donors (Lipinski definition) is 7. The number of aliphatic hydroxyl groups excluding tert-OH is 1. The number of aliphatic hydroxyl groups is 1. The summed E-state index contributed by atoms with van der Waals surface area (Å²) < 4.78 is 58.8. The van der Waals surface area contributed by atoms with Crippen LogP contribution >= 0.6 is 23.5 Å². The second kappa shape index (κ2) is 12.6. The molecular formula is C19H24N5O16P3. The van der Waals surface area contributed by atoms with Crippen LogP contribution in [-0.2, 0) is 49.5 Å². The van der Waals surface area contributed by atoms with Gasteiger partial charge in [-0.3, -0.25) is 24.4 Å². The second-order valence-electron chi connectivity index (χ2n) is 8.91. The van der Waals surface area contributed by atoms with E-state index in [9.17, 15) is 43.5 Å². The minimum Gasteiger partial charge on any atom is -0.390 e. The van der Waals surface area contributed by atoms with Crippen molar-refractivity contribution in [3.05, 3.63) is 62.1 Å². The summed E-state index contributed by atoms with van der Waals surface area (Å²) in [5.74, 6) is -0.257. The molecule has 3 heterocycles. The van der Waals surface area contributed by atoms with Crippen LogP contribution in [0.1, 0.15) is 23.8 Å². The van der Waals surface area contributed by atoms with Crippen LogP contribution in [0.5, 0.6) is 0 Å². The number of hydrogen-bond acceptors (Lipinski definition) is 14. The molecule has 0 spiro atoms. The summed E-state index contributed by atoms with van der Waals surface area (Å²) in [6.07, 6.45) is -2.56. The van der Waals surface area contributed by atoms with Crippen molar-refractivity contribution in [1.82, 2.24) is 14.5 Å². The Morgan fingerprint density at radius 3 is 2.47 bits per heavy atom. The van der Waals surface area contributed by atoms with Crippen molar-refractivity contribution in [1.29, 1.82) is 0 Å². The molecule has 8 N–H and O–H groups in total. The number of nitrogens with zero attached hydrogens (tertiary/aromatic N) is 3. The van der Waals surface area contributed by atoms with Crippen LogP contribution in [-0.4, -0.2) is 63.0 Å². The number of H-pyrrole nitrogens is 1. The van der Waals surface area contributed by atoms with Crippen molar-refractivity contribution in [2.45, 2.75) is 38.1 Å². The minimum atomic E-state index is -5.75. The van der Waals surface area contributed by atoms with Crippen LogP contribution in [0.15, 0.2) is 35.3 Å². The summed E-state index contributed by atoms with van der Waals surface area (Å²) in [7, 11) is -16.8. The molecule has 43 heavy (non-hydrogen) atoms. The minimum absolute atomic E-state index is 0.0104. The predicted molar refractivity (Wildman–Crippen MR) is 141 cm³/mol. The largest absolute Gasteiger partial charge is 0.490 e. The molecule has 0 aliphatic carbocycles. The van der Waals surface area contributed by atoms with Crippen molar-refractivity contribution in [3.8, 4) is 0 Å². The molecule has 1 aromatic carbocycles. The number of nitro benzene ring substituents is 1. The van der Waals surface area contributed by atoms with E-state index >= 15 is 0 Å². The van der Waals surface area contributed by atoms with Crippen LogP contribution < -0.4 is 11.3 Å². The number of fused-ring (bicyclic) bond motifs is 1. The number of nitrogens with two attached hydrogens (primary N) is 1. The SMILES string of the molecule is Nc1nc2c(c(COCc3ccccc3[N+](=O)[O-])cn2[C@H]2C[C@@H](O)C(COP(=O)(O)OP(=O)(O)OP(=O)(O)O)O2)c(=O)[nH]1. The van der Waals surface area contributed by atoms with Gasteiger partial charge < -0.3 is 44.5 Å². The van der Waals surface area contributed by atoms with Crippen LogP contribution in [0.3, 0.4) is 0 Å². The molecule has 2 aromatic heterocycles. The molecule has 0 radical (unpaired) electrons. The molecule has 1 saturated heterocycles. The number of phosphoric acid groups is 3. The molecule has 0 bridgehead atoms. The van der Waals surface area contributed by atoms with Crippen molar-refractivity contribution in [3.63, 3.8) is 0 Å². The normalized spacial score (nSPS) is 21.9. The Bertz CT molecular complexity index is 1720. The Hall–Kier alpha value is -2.87. The van der Waals surface area contributed by atoms with Crippen molar-refractivity contribution >= 4 is 46.1 Å². The summed E-state index contributed by atoms with van der Waals surface area (Å²) in [6.45, 7) is -1.30. The standard InChI is InChI=1S/C19H24N5O16P3/c20-19-21-17-16(18(26)22-19)11(8-36-7-10-3-1-2-4-12(10)24(27)28)6-23(17)15-5-13(25)14(38-15)9-37-42(32,33)40-43(34,35)39-41(29,30)31/h1-4,6,13-15,25H,5,7-9H2,(H,32,33)(H,34,35)(H2,29,30,31)(H3,20,21,22,26)/t13-,14?,15-/m1/s1. The highest BCUT2D eigenvalue weighted by Crippen LogP contribution is 2.66. The first kappa shape index (κ1) is 33.0. The molecule has 1 aliphatic rings. The third kappa shape index (κ3) is 8.40. The van der Waals surface area contributed by atoms with Gasteiger partial charge in [0.05, 0.1) is 41.8 Å². The molecule has 0 amide bonds. The van der Waals surface area contributed by atoms with Crippen LogP contribution in [0, 0.1) is 10.1 Å². The number of nitrogen functional groups attached to an aromatic ring is 1. The molecule has 3 unspecified atom stereocenters. The third-order valence-corrected chi connectivity index (χ3v) is 9.62. The van der Waals surface area contributed by atoms with E-state index in [0.717, 1.165) is 0 Å². The van der Waals surface area contributed by atoms with Crippen molar-refractivity contribution in [2.75, 3.05) is 12.3 Å². The molecule has 236 valence electrons. The molecule has 5 atom stereocenters. The van der Waals surface area contributed by atoms with Gasteiger partial charge in [0, 0.05) is 24.2 Å². The number of rotatable bonds is 13. The highest BCUT2D eigenvalue weighted by molar-refractivity contribution is 7.66. The Morgan fingerprint density at radius 2 is 1.79 bits per heavy atom. The van der Waals surface area contributed by atoms with Gasteiger partial charge in [0.2, 0.25) is 5.95 Å². The zero-order chi connectivity index (χ0) is 31.7. The molecule has 4 rings (SSSR count). The van der Waals surface area contributed by atoms with Crippen LogP contribution in [0.2, 0.25) is 0 Å². The first-order valence-corrected chi connectivity index (χ1v) is 16.3. The highest BCUT2D eigenvalue weighted by Gasteiger charge is 2.43. The maximum Gasteiger partial charge on any atom is 0.490 e. The predicted octanol–water partition coefficient (Wildman–Crippen LogP) is 0.923. The van der Waals surface area contributed by atoms with E-state index in [1.54, 1.807) is 6.07 Å². The van der Waals surface area contributed by atoms with E-state index in [0.29, 0.717) is 0 Å². The molecule has 21 nitrogen and oxygen atoms in total. The molecular weight excluding hydrogens is 647 g/mol. The van der Waals surface area contributed by atoms with Crippen LogP contribution in [0.4, 0.5) is 11.6 Å². The second-order valence-corrected chi connectivity index (χ2v) is 13.3. The summed E-state index contributed by atoms with van der Waals surface area (Å²) in [6, 6.07) is 5.91. The fourth-order valence-corrected chi connectivity index (χ4v) is 7.20. The number of benzene rings is 1. The first-order valence-electron chi connectivity index (χ1n) is 11.8. The van der Waals surface area contributed by atoms with Gasteiger partial charge >= 0.3 is 23.5 Å². The number of para-hydroxylation sites is 1. The van der Waals surface area contributed by atoms with Gasteiger partial charge in [-0.25, -0.2) is 13.7 Å². The van der Waals surface area contributed by atoms with Crippen molar-refractivity contribution in [2.24, 2.45) is 0 Å². The lowest BCUT2D eigenvalue weighted by molar-refractivity contribution is -0.386. The maximum atomic E-state index is 12.7. The fraction of sp³-hybridized carbons (Fsp3) is 0.368. The molecule has 1 aliphatic heterocycles. The Kier molecular flexibility index (Phi) is 9.70. The lowest BCUT2D eigenvalue weighted by Gasteiger charge is -2.19. The van der Waals surface area contributed by atoms with Crippen LogP contribution in [0.25, 0.3) is 11.0 Å². The average Bonchev–Trinajstić information content (AvgIpc) is 3.40. The first-order chi connectivity index (χ1) is 19.9. The van der Waals surface area contributed by atoms with Crippen molar-refractivity contribution < 1.29 is 65.9 Å². The maximum absolute atomic E-state index is 12.7. The third-order valence-electron chi connectivity index (χ3n) is 5.81. The zero-order valence-corrected chi connectivity index (χ0v) is 24.1.